The van der Waals surface area contributed by atoms with Crippen molar-refractivity contribution in [2.24, 2.45) is 5.73 Å². The molecular formula is C39H57N9O3S2. The monoisotopic (exact) mass is 763 g/mol. The molecule has 1 amide bonds. The summed E-state index contributed by atoms with van der Waals surface area (Å²) < 4.78 is 0. The van der Waals surface area contributed by atoms with E-state index in [4.69, 9.17) is 10.8 Å². The lowest BCUT2D eigenvalue weighted by Crippen LogP contribution is -2.39. The van der Waals surface area contributed by atoms with Gasteiger partial charge in [-0.25, -0.2) is 19.9 Å². The molecule has 2 saturated carbocycles. The molecule has 4 aliphatic rings. The number of anilines is 2. The molecule has 0 saturated heterocycles. The van der Waals surface area contributed by atoms with Gasteiger partial charge < -0.3 is 31.3 Å². The van der Waals surface area contributed by atoms with E-state index in [2.05, 4.69) is 47.4 Å². The number of aryl methyl sites for hydroxylation is 4. The van der Waals surface area contributed by atoms with E-state index in [9.17, 15) is 9.59 Å². The highest BCUT2D eigenvalue weighted by Crippen LogP contribution is 2.41. The SMILES string of the molecule is C.CN(CCC(=O)O)C1CCC(Nc2ncnc3sc4c(c23)CCC4)CC1.CN(CCC(N)=O)C1CCC(Nc2ncnc3sc4c(c23)CCC4)CC1. The second kappa shape index (κ2) is 17.8. The third kappa shape index (κ3) is 9.26. The van der Waals surface area contributed by atoms with E-state index < -0.39 is 5.97 Å². The zero-order valence-corrected chi connectivity index (χ0v) is 32.2. The van der Waals surface area contributed by atoms with Gasteiger partial charge in [-0.2, -0.15) is 0 Å². The lowest BCUT2D eigenvalue weighted by atomic mass is 9.90. The Kier molecular flexibility index (Phi) is 13.2. The van der Waals surface area contributed by atoms with Crippen molar-refractivity contribution in [2.45, 2.75) is 134 Å². The number of primary amides is 1. The van der Waals surface area contributed by atoms with E-state index in [1.54, 1.807) is 12.7 Å². The second-order valence-electron chi connectivity index (χ2n) is 15.1. The quantitative estimate of drug-likeness (QED) is 0.122. The Bertz CT molecular complexity index is 1730. The molecular weight excluding hydrogens is 707 g/mol. The van der Waals surface area contributed by atoms with Gasteiger partial charge in [0.1, 0.15) is 34.0 Å². The van der Waals surface area contributed by atoms with Crippen LogP contribution >= 0.6 is 22.7 Å². The van der Waals surface area contributed by atoms with Gasteiger partial charge in [0, 0.05) is 53.4 Å². The smallest absolute Gasteiger partial charge is 0.304 e. The molecule has 0 aliphatic heterocycles. The summed E-state index contributed by atoms with van der Waals surface area (Å²) in [5.41, 5.74) is 8.21. The van der Waals surface area contributed by atoms with Gasteiger partial charge >= 0.3 is 5.97 Å². The predicted molar refractivity (Wildman–Crippen MR) is 216 cm³/mol. The van der Waals surface area contributed by atoms with E-state index in [-0.39, 0.29) is 19.8 Å². The lowest BCUT2D eigenvalue weighted by molar-refractivity contribution is -0.137. The summed E-state index contributed by atoms with van der Waals surface area (Å²) in [4.78, 5) is 49.6. The summed E-state index contributed by atoms with van der Waals surface area (Å²) in [6, 6.07) is 1.94. The number of carbonyl (C=O) groups is 2. The van der Waals surface area contributed by atoms with E-state index in [1.165, 1.54) is 57.3 Å². The van der Waals surface area contributed by atoms with Gasteiger partial charge in [0.15, 0.2) is 0 Å². The molecule has 8 rings (SSSR count). The fourth-order valence-electron chi connectivity index (χ4n) is 8.71. The fourth-order valence-corrected chi connectivity index (χ4v) is 11.2. The summed E-state index contributed by atoms with van der Waals surface area (Å²) in [5.74, 6) is 1.10. The van der Waals surface area contributed by atoms with Crippen LogP contribution in [0.15, 0.2) is 12.7 Å². The normalized spacial score (nSPS) is 22.3. The van der Waals surface area contributed by atoms with Crippen LogP contribution in [0, 0.1) is 0 Å². The molecule has 4 aromatic rings. The Morgan fingerprint density at radius 1 is 0.717 bits per heavy atom. The third-order valence-electron chi connectivity index (χ3n) is 11.7. The summed E-state index contributed by atoms with van der Waals surface area (Å²) in [6.07, 6.45) is 20.2. The lowest BCUT2D eigenvalue weighted by Gasteiger charge is -2.35. The Balaban J connectivity index is 0.000000178. The van der Waals surface area contributed by atoms with Gasteiger partial charge in [-0.15, -0.1) is 22.7 Å². The number of carboxylic acids is 1. The average molecular weight is 764 g/mol. The summed E-state index contributed by atoms with van der Waals surface area (Å²) in [7, 11) is 4.15. The molecule has 288 valence electrons. The molecule has 0 bridgehead atoms. The van der Waals surface area contributed by atoms with Crippen molar-refractivity contribution in [1.82, 2.24) is 29.7 Å². The first-order valence-corrected chi connectivity index (χ1v) is 20.8. The number of aliphatic carboxylic acids is 1. The molecule has 4 heterocycles. The van der Waals surface area contributed by atoms with Crippen LogP contribution in [-0.2, 0) is 35.3 Å². The minimum atomic E-state index is -0.719. The highest BCUT2D eigenvalue weighted by molar-refractivity contribution is 7.19. The average Bonchev–Trinajstić information content (AvgIpc) is 3.93. The molecule has 0 atom stereocenters. The van der Waals surface area contributed by atoms with Crippen molar-refractivity contribution in [2.75, 3.05) is 37.8 Å². The molecule has 0 radical (unpaired) electrons. The van der Waals surface area contributed by atoms with Gasteiger partial charge in [0.2, 0.25) is 5.91 Å². The number of hydrogen-bond acceptors (Lipinski definition) is 12. The topological polar surface area (TPSA) is 162 Å². The first kappa shape index (κ1) is 39.2. The molecule has 4 aromatic heterocycles. The van der Waals surface area contributed by atoms with Gasteiger partial charge in [0.25, 0.3) is 0 Å². The molecule has 53 heavy (non-hydrogen) atoms. The number of amides is 1. The first-order chi connectivity index (χ1) is 25.2. The van der Waals surface area contributed by atoms with Crippen LogP contribution in [0.1, 0.15) is 105 Å². The second-order valence-corrected chi connectivity index (χ2v) is 17.3. The van der Waals surface area contributed by atoms with Crippen molar-refractivity contribution in [1.29, 1.82) is 0 Å². The maximum Gasteiger partial charge on any atom is 0.304 e. The van der Waals surface area contributed by atoms with Gasteiger partial charge in [-0.1, -0.05) is 7.43 Å². The number of carboxylic acid groups (broad SMARTS) is 1. The van der Waals surface area contributed by atoms with Crippen molar-refractivity contribution in [3.05, 3.63) is 33.5 Å². The Labute approximate surface area is 321 Å². The highest BCUT2D eigenvalue weighted by Gasteiger charge is 2.28. The van der Waals surface area contributed by atoms with Crippen molar-refractivity contribution >= 4 is 66.6 Å². The van der Waals surface area contributed by atoms with E-state index in [0.29, 0.717) is 37.1 Å². The van der Waals surface area contributed by atoms with Crippen LogP contribution in [0.4, 0.5) is 11.6 Å². The third-order valence-corrected chi connectivity index (χ3v) is 14.1. The van der Waals surface area contributed by atoms with Crippen molar-refractivity contribution in [3.8, 4) is 0 Å². The number of nitrogens with two attached hydrogens (primary N) is 1. The zero-order chi connectivity index (χ0) is 36.2. The van der Waals surface area contributed by atoms with E-state index >= 15 is 0 Å². The number of nitrogens with zero attached hydrogens (tertiary/aromatic N) is 6. The van der Waals surface area contributed by atoms with Crippen LogP contribution in [-0.4, -0.2) is 98.1 Å². The number of hydrogen-bond donors (Lipinski definition) is 4. The molecule has 0 unspecified atom stereocenters. The minimum absolute atomic E-state index is 0. The van der Waals surface area contributed by atoms with Crippen LogP contribution in [0.3, 0.4) is 0 Å². The number of fused-ring (bicyclic) bond motifs is 6. The zero-order valence-electron chi connectivity index (χ0n) is 30.5. The molecule has 12 nitrogen and oxygen atoms in total. The summed E-state index contributed by atoms with van der Waals surface area (Å²) >= 11 is 3.67. The number of rotatable bonds is 12. The molecule has 2 fully saturated rings. The van der Waals surface area contributed by atoms with Crippen molar-refractivity contribution in [3.63, 3.8) is 0 Å². The maximum absolute atomic E-state index is 11.0. The molecule has 0 spiro atoms. The van der Waals surface area contributed by atoms with Gasteiger partial charge in [-0.05, 0) is 115 Å². The largest absolute Gasteiger partial charge is 0.481 e. The Morgan fingerprint density at radius 2 is 1.15 bits per heavy atom. The number of aromatic nitrogens is 4. The molecule has 5 N–H and O–H groups in total. The number of nitrogens with one attached hydrogen (secondary N) is 2. The van der Waals surface area contributed by atoms with Gasteiger partial charge in [0.05, 0.1) is 17.2 Å². The highest BCUT2D eigenvalue weighted by atomic mass is 32.1. The van der Waals surface area contributed by atoms with Gasteiger partial charge in [-0.3, -0.25) is 9.59 Å². The summed E-state index contributed by atoms with van der Waals surface area (Å²) in [6.45, 7) is 1.39. The van der Waals surface area contributed by atoms with Crippen LogP contribution < -0.4 is 16.4 Å². The van der Waals surface area contributed by atoms with E-state index in [1.807, 2.05) is 29.7 Å². The van der Waals surface area contributed by atoms with Crippen LogP contribution in [0.5, 0.6) is 0 Å². The van der Waals surface area contributed by atoms with Crippen molar-refractivity contribution < 1.29 is 14.7 Å². The first-order valence-electron chi connectivity index (χ1n) is 19.2. The van der Waals surface area contributed by atoms with Crippen LogP contribution in [0.25, 0.3) is 20.4 Å². The molecule has 4 aliphatic carbocycles. The van der Waals surface area contributed by atoms with Crippen LogP contribution in [0.2, 0.25) is 0 Å². The fraction of sp³-hybridized carbons (Fsp3) is 0.641. The summed E-state index contributed by atoms with van der Waals surface area (Å²) in [5, 5.41) is 18.8. The molecule has 0 aromatic carbocycles. The number of carbonyl (C=O) groups excluding carboxylic acids is 1. The Morgan fingerprint density at radius 3 is 1.57 bits per heavy atom. The maximum atomic E-state index is 11.0. The number of thiophene rings is 2. The Hall–Kier alpha value is -3.46. The standard InChI is InChI=1S/C19H27N5OS.C19H26N4O2S.CH4/c1-24(10-9-16(20)25)13-7-5-12(6-8-13)23-18-17-14-3-2-4-15(14)26-19(17)22-11-21-18;1-23(10-9-16(24)25)13-7-5-12(6-8-13)22-18-17-14-3-2-4-15(14)26-19(17)21-11-20-18;/h11-13H,2-10H2,1H3,(H2,20,25)(H,21,22,23);11-13H,2-10H2,1H3,(H,24,25)(H,20,21,22);1H4. The predicted octanol–water partition coefficient (Wildman–Crippen LogP) is 6.66. The van der Waals surface area contributed by atoms with E-state index in [0.717, 1.165) is 92.0 Å². The molecule has 14 heteroatoms. The minimum Gasteiger partial charge on any atom is -0.481 e.